The Morgan fingerprint density at radius 3 is 2.65 bits per heavy atom. The molecule has 3 heteroatoms. The Balaban J connectivity index is 2.03. The van der Waals surface area contributed by atoms with Crippen molar-refractivity contribution in [2.75, 3.05) is 0 Å². The quantitative estimate of drug-likeness (QED) is 0.906. The molecule has 1 aromatic carbocycles. The zero-order valence-corrected chi connectivity index (χ0v) is 12.7. The highest BCUT2D eigenvalue weighted by atomic mass is 19.1. The number of hydrogen-bond acceptors (Lipinski definition) is 2. The van der Waals surface area contributed by atoms with Crippen molar-refractivity contribution in [3.05, 3.63) is 29.6 Å². The average molecular weight is 279 g/mol. The predicted molar refractivity (Wildman–Crippen MR) is 80.3 cm³/mol. The Labute approximate surface area is 121 Å². The maximum Gasteiger partial charge on any atom is 0.127 e. The van der Waals surface area contributed by atoms with Crippen LogP contribution in [-0.4, -0.2) is 12.1 Å². The third-order valence-electron chi connectivity index (χ3n) is 4.34. The Morgan fingerprint density at radius 2 is 2.00 bits per heavy atom. The van der Waals surface area contributed by atoms with Crippen molar-refractivity contribution < 1.29 is 9.13 Å². The topological polar surface area (TPSA) is 35.2 Å². The molecule has 0 aliphatic heterocycles. The van der Waals surface area contributed by atoms with E-state index in [1.165, 1.54) is 12.5 Å². The number of halogens is 1. The SMILES string of the molecule is CC(N)Cc1cc(F)cc(OC2CCC(C)C(C)C2)c1. The van der Waals surface area contributed by atoms with Crippen LogP contribution in [0.15, 0.2) is 18.2 Å². The summed E-state index contributed by atoms with van der Waals surface area (Å²) in [6.45, 7) is 6.49. The van der Waals surface area contributed by atoms with Crippen molar-refractivity contribution in [1.29, 1.82) is 0 Å². The number of hydrogen-bond donors (Lipinski definition) is 1. The lowest BCUT2D eigenvalue weighted by Gasteiger charge is -2.32. The Kier molecular flexibility index (Phi) is 5.03. The molecule has 0 bridgehead atoms. The van der Waals surface area contributed by atoms with Gasteiger partial charge >= 0.3 is 0 Å². The Morgan fingerprint density at radius 1 is 1.25 bits per heavy atom. The van der Waals surface area contributed by atoms with E-state index in [-0.39, 0.29) is 18.0 Å². The van der Waals surface area contributed by atoms with E-state index < -0.39 is 0 Å². The van der Waals surface area contributed by atoms with Gasteiger partial charge in [0.25, 0.3) is 0 Å². The summed E-state index contributed by atoms with van der Waals surface area (Å²) in [6, 6.07) is 4.98. The van der Waals surface area contributed by atoms with Crippen molar-refractivity contribution in [3.8, 4) is 5.75 Å². The molecular weight excluding hydrogens is 253 g/mol. The van der Waals surface area contributed by atoms with Crippen LogP contribution in [0.1, 0.15) is 45.6 Å². The van der Waals surface area contributed by atoms with Gasteiger partial charge in [-0.25, -0.2) is 4.39 Å². The van der Waals surface area contributed by atoms with Crippen molar-refractivity contribution in [1.82, 2.24) is 0 Å². The fourth-order valence-electron chi connectivity index (χ4n) is 2.98. The third kappa shape index (κ3) is 4.20. The van der Waals surface area contributed by atoms with E-state index in [0.717, 1.165) is 24.3 Å². The average Bonchev–Trinajstić information content (AvgIpc) is 2.32. The summed E-state index contributed by atoms with van der Waals surface area (Å²) < 4.78 is 19.6. The smallest absolute Gasteiger partial charge is 0.127 e. The van der Waals surface area contributed by atoms with Crippen LogP contribution in [-0.2, 0) is 6.42 Å². The monoisotopic (exact) mass is 279 g/mol. The molecule has 0 radical (unpaired) electrons. The van der Waals surface area contributed by atoms with Gasteiger partial charge in [0.1, 0.15) is 11.6 Å². The van der Waals surface area contributed by atoms with Gasteiger partial charge in [0.2, 0.25) is 0 Å². The number of ether oxygens (including phenoxy) is 1. The van der Waals surface area contributed by atoms with E-state index in [1.54, 1.807) is 6.07 Å². The maximum atomic E-state index is 13.7. The molecule has 1 aliphatic rings. The van der Waals surface area contributed by atoms with Crippen LogP contribution in [0.3, 0.4) is 0 Å². The first-order chi connectivity index (χ1) is 9.44. The number of benzene rings is 1. The zero-order chi connectivity index (χ0) is 14.7. The van der Waals surface area contributed by atoms with Crippen LogP contribution in [0.2, 0.25) is 0 Å². The van der Waals surface area contributed by atoms with Crippen LogP contribution in [0.5, 0.6) is 5.75 Å². The molecule has 1 fully saturated rings. The third-order valence-corrected chi connectivity index (χ3v) is 4.34. The zero-order valence-electron chi connectivity index (χ0n) is 12.7. The molecule has 0 aromatic heterocycles. The lowest BCUT2D eigenvalue weighted by molar-refractivity contribution is 0.100. The first kappa shape index (κ1) is 15.3. The standard InChI is InChI=1S/C17H26FNO/c1-11-4-5-16(6-12(11)2)20-17-9-14(7-13(3)19)8-15(18)10-17/h8-13,16H,4-7,19H2,1-3H3. The van der Waals surface area contributed by atoms with E-state index in [9.17, 15) is 4.39 Å². The Hall–Kier alpha value is -1.09. The molecule has 20 heavy (non-hydrogen) atoms. The molecular formula is C17H26FNO. The molecule has 1 saturated carbocycles. The molecule has 2 rings (SSSR count). The summed E-state index contributed by atoms with van der Waals surface area (Å²) in [5.74, 6) is 1.84. The summed E-state index contributed by atoms with van der Waals surface area (Å²) in [4.78, 5) is 0. The maximum absolute atomic E-state index is 13.7. The summed E-state index contributed by atoms with van der Waals surface area (Å²) in [6.07, 6.45) is 4.19. The Bertz CT molecular complexity index is 447. The minimum absolute atomic E-state index is 0.0280. The van der Waals surface area contributed by atoms with Crippen LogP contribution in [0, 0.1) is 17.7 Å². The molecule has 4 atom stereocenters. The van der Waals surface area contributed by atoms with Gasteiger partial charge in [0.15, 0.2) is 0 Å². The molecule has 4 unspecified atom stereocenters. The van der Waals surface area contributed by atoms with E-state index in [4.69, 9.17) is 10.5 Å². The van der Waals surface area contributed by atoms with Crippen LogP contribution >= 0.6 is 0 Å². The molecule has 2 N–H and O–H groups in total. The van der Waals surface area contributed by atoms with Crippen LogP contribution < -0.4 is 10.5 Å². The lowest BCUT2D eigenvalue weighted by atomic mass is 9.80. The second-order valence-corrected chi connectivity index (χ2v) is 6.48. The number of rotatable bonds is 4. The summed E-state index contributed by atoms with van der Waals surface area (Å²) in [7, 11) is 0. The van der Waals surface area contributed by atoms with Gasteiger partial charge in [-0.15, -0.1) is 0 Å². The van der Waals surface area contributed by atoms with Crippen LogP contribution in [0.4, 0.5) is 4.39 Å². The van der Waals surface area contributed by atoms with Gasteiger partial charge in [-0.1, -0.05) is 13.8 Å². The molecule has 1 aliphatic carbocycles. The second kappa shape index (κ2) is 6.57. The molecule has 0 saturated heterocycles. The van der Waals surface area contributed by atoms with Crippen molar-refractivity contribution in [2.24, 2.45) is 17.6 Å². The molecule has 0 spiro atoms. The minimum Gasteiger partial charge on any atom is -0.490 e. The first-order valence-corrected chi connectivity index (χ1v) is 7.65. The molecule has 2 nitrogen and oxygen atoms in total. The molecule has 1 aromatic rings. The van der Waals surface area contributed by atoms with E-state index in [1.807, 2.05) is 13.0 Å². The van der Waals surface area contributed by atoms with Gasteiger partial charge in [0.05, 0.1) is 6.10 Å². The largest absolute Gasteiger partial charge is 0.490 e. The van der Waals surface area contributed by atoms with Crippen molar-refractivity contribution in [2.45, 2.75) is 58.6 Å². The van der Waals surface area contributed by atoms with E-state index in [2.05, 4.69) is 13.8 Å². The minimum atomic E-state index is -0.240. The lowest BCUT2D eigenvalue weighted by Crippen LogP contribution is -2.28. The van der Waals surface area contributed by atoms with Crippen molar-refractivity contribution >= 4 is 0 Å². The highest BCUT2D eigenvalue weighted by Crippen LogP contribution is 2.32. The van der Waals surface area contributed by atoms with E-state index >= 15 is 0 Å². The molecule has 0 heterocycles. The van der Waals surface area contributed by atoms with Gasteiger partial charge in [-0.3, -0.25) is 0 Å². The van der Waals surface area contributed by atoms with E-state index in [0.29, 0.717) is 18.1 Å². The fourth-order valence-corrected chi connectivity index (χ4v) is 2.98. The van der Waals surface area contributed by atoms with Gasteiger partial charge in [0, 0.05) is 12.1 Å². The number of nitrogens with two attached hydrogens (primary N) is 1. The molecule has 112 valence electrons. The second-order valence-electron chi connectivity index (χ2n) is 6.48. The summed E-state index contributed by atoms with van der Waals surface area (Å²) in [5.41, 5.74) is 6.69. The predicted octanol–water partition coefficient (Wildman–Crippen LogP) is 3.92. The first-order valence-electron chi connectivity index (χ1n) is 7.65. The van der Waals surface area contributed by atoms with Crippen molar-refractivity contribution in [3.63, 3.8) is 0 Å². The highest BCUT2D eigenvalue weighted by Gasteiger charge is 2.25. The summed E-state index contributed by atoms with van der Waals surface area (Å²) >= 11 is 0. The van der Waals surface area contributed by atoms with Gasteiger partial charge < -0.3 is 10.5 Å². The summed E-state index contributed by atoms with van der Waals surface area (Å²) in [5, 5.41) is 0. The van der Waals surface area contributed by atoms with Gasteiger partial charge in [-0.05, 0) is 62.1 Å². The van der Waals surface area contributed by atoms with Crippen LogP contribution in [0.25, 0.3) is 0 Å². The van der Waals surface area contributed by atoms with Gasteiger partial charge in [-0.2, -0.15) is 0 Å². The molecule has 0 amide bonds. The normalized spacial score (nSPS) is 28.1. The fraction of sp³-hybridized carbons (Fsp3) is 0.647. The highest BCUT2D eigenvalue weighted by molar-refractivity contribution is 5.30.